The first-order valence-electron chi connectivity index (χ1n) is 5.24. The van der Waals surface area contributed by atoms with Crippen LogP contribution in [0.3, 0.4) is 0 Å². The summed E-state index contributed by atoms with van der Waals surface area (Å²) in [6, 6.07) is 6.64. The molecule has 0 spiro atoms. The summed E-state index contributed by atoms with van der Waals surface area (Å²) >= 11 is 2.53. The summed E-state index contributed by atoms with van der Waals surface area (Å²) in [5, 5.41) is 8.66. The number of para-hydroxylation sites is 1. The molecule has 2 aromatic rings. The normalized spacial score (nSPS) is 12.7. The SMILES string of the molecule is N[C@@H](CSCn1c(=O)sc2ccccc21)C(=O)O. The Labute approximate surface area is 111 Å². The number of aliphatic carboxylic acids is 1. The lowest BCUT2D eigenvalue weighted by Gasteiger charge is -2.06. The van der Waals surface area contributed by atoms with Crippen LogP contribution in [0.5, 0.6) is 0 Å². The number of fused-ring (bicyclic) bond motifs is 1. The van der Waals surface area contributed by atoms with E-state index in [0.717, 1.165) is 10.2 Å². The highest BCUT2D eigenvalue weighted by atomic mass is 32.2. The molecule has 1 heterocycles. The highest BCUT2D eigenvalue weighted by Crippen LogP contribution is 2.18. The molecule has 0 aliphatic carbocycles. The monoisotopic (exact) mass is 284 g/mol. The van der Waals surface area contributed by atoms with Crippen molar-refractivity contribution in [2.45, 2.75) is 11.9 Å². The Morgan fingerprint density at radius 1 is 1.50 bits per heavy atom. The molecule has 0 saturated heterocycles. The van der Waals surface area contributed by atoms with Crippen LogP contribution >= 0.6 is 23.1 Å². The fourth-order valence-corrected chi connectivity index (χ4v) is 3.39. The maximum atomic E-state index is 11.8. The first-order valence-corrected chi connectivity index (χ1v) is 7.21. The number of benzene rings is 1. The second-order valence-electron chi connectivity index (χ2n) is 3.71. The van der Waals surface area contributed by atoms with Crippen molar-refractivity contribution in [1.82, 2.24) is 4.57 Å². The highest BCUT2D eigenvalue weighted by Gasteiger charge is 2.12. The average Bonchev–Trinajstić information content (AvgIpc) is 2.65. The Morgan fingerprint density at radius 3 is 2.94 bits per heavy atom. The second kappa shape index (κ2) is 5.55. The van der Waals surface area contributed by atoms with E-state index in [-0.39, 0.29) is 10.6 Å². The van der Waals surface area contributed by atoms with E-state index >= 15 is 0 Å². The van der Waals surface area contributed by atoms with E-state index in [1.54, 1.807) is 4.57 Å². The van der Waals surface area contributed by atoms with Crippen molar-refractivity contribution in [2.75, 3.05) is 5.75 Å². The lowest BCUT2D eigenvalue weighted by atomic mass is 10.3. The van der Waals surface area contributed by atoms with Gasteiger partial charge in [-0.25, -0.2) is 0 Å². The largest absolute Gasteiger partial charge is 0.480 e. The summed E-state index contributed by atoms with van der Waals surface area (Å²) in [5.74, 6) is -0.319. The molecule has 2 rings (SSSR count). The Kier molecular flexibility index (Phi) is 4.05. The van der Waals surface area contributed by atoms with E-state index in [0.29, 0.717) is 5.88 Å². The maximum Gasteiger partial charge on any atom is 0.321 e. The van der Waals surface area contributed by atoms with Gasteiger partial charge in [0, 0.05) is 5.75 Å². The van der Waals surface area contributed by atoms with Gasteiger partial charge < -0.3 is 10.8 Å². The van der Waals surface area contributed by atoms with Gasteiger partial charge in [0.05, 0.1) is 16.1 Å². The fraction of sp³-hybridized carbons (Fsp3) is 0.273. The van der Waals surface area contributed by atoms with Crippen molar-refractivity contribution in [3.05, 3.63) is 33.9 Å². The number of hydrogen-bond acceptors (Lipinski definition) is 5. The zero-order valence-corrected chi connectivity index (χ0v) is 11.0. The van der Waals surface area contributed by atoms with Gasteiger partial charge in [0.1, 0.15) is 6.04 Å². The number of nitrogens with zero attached hydrogens (tertiary/aromatic N) is 1. The average molecular weight is 284 g/mol. The van der Waals surface area contributed by atoms with Crippen molar-refractivity contribution in [3.63, 3.8) is 0 Å². The Balaban J connectivity index is 2.10. The molecule has 0 aliphatic heterocycles. The van der Waals surface area contributed by atoms with Crippen LogP contribution in [0.2, 0.25) is 0 Å². The Morgan fingerprint density at radius 2 is 2.22 bits per heavy atom. The molecule has 0 radical (unpaired) electrons. The van der Waals surface area contributed by atoms with Crippen LogP contribution in [0.15, 0.2) is 29.1 Å². The third-order valence-corrected chi connectivity index (χ3v) is 4.40. The van der Waals surface area contributed by atoms with Gasteiger partial charge in [0.15, 0.2) is 0 Å². The van der Waals surface area contributed by atoms with Gasteiger partial charge in [0.25, 0.3) is 0 Å². The molecule has 1 aromatic carbocycles. The van der Waals surface area contributed by atoms with Crippen molar-refractivity contribution < 1.29 is 9.90 Å². The summed E-state index contributed by atoms with van der Waals surface area (Å²) in [6.07, 6.45) is 0. The number of carbonyl (C=O) groups is 1. The predicted octanol–water partition coefficient (Wildman–Crippen LogP) is 1.17. The zero-order valence-electron chi connectivity index (χ0n) is 9.41. The van der Waals surface area contributed by atoms with Gasteiger partial charge in [0.2, 0.25) is 0 Å². The minimum absolute atomic E-state index is 0.0346. The number of thiazole rings is 1. The molecule has 7 heteroatoms. The molecule has 1 atom stereocenters. The number of carboxylic acids is 1. The van der Waals surface area contributed by atoms with E-state index in [4.69, 9.17) is 10.8 Å². The molecule has 1 aromatic heterocycles. The van der Waals surface area contributed by atoms with E-state index in [1.807, 2.05) is 24.3 Å². The molecule has 96 valence electrons. The molecule has 0 unspecified atom stereocenters. The number of nitrogens with two attached hydrogens (primary N) is 1. The quantitative estimate of drug-likeness (QED) is 0.860. The van der Waals surface area contributed by atoms with Crippen LogP contribution in [0, 0.1) is 0 Å². The van der Waals surface area contributed by atoms with Crippen LogP contribution in [0.4, 0.5) is 0 Å². The summed E-state index contributed by atoms with van der Waals surface area (Å²) in [5.41, 5.74) is 6.28. The van der Waals surface area contributed by atoms with Crippen LogP contribution in [-0.4, -0.2) is 27.4 Å². The molecule has 0 saturated carbocycles. The molecular weight excluding hydrogens is 272 g/mol. The van der Waals surface area contributed by atoms with Gasteiger partial charge in [-0.1, -0.05) is 23.5 Å². The molecule has 0 aliphatic rings. The number of aromatic nitrogens is 1. The van der Waals surface area contributed by atoms with Crippen molar-refractivity contribution in [3.8, 4) is 0 Å². The molecular formula is C11H12N2O3S2. The van der Waals surface area contributed by atoms with E-state index in [9.17, 15) is 9.59 Å². The van der Waals surface area contributed by atoms with Crippen molar-refractivity contribution in [2.24, 2.45) is 5.73 Å². The lowest BCUT2D eigenvalue weighted by molar-refractivity contribution is -0.137. The molecule has 0 bridgehead atoms. The molecule has 0 fully saturated rings. The number of hydrogen-bond donors (Lipinski definition) is 2. The van der Waals surface area contributed by atoms with Crippen molar-refractivity contribution >= 4 is 39.3 Å². The van der Waals surface area contributed by atoms with E-state index < -0.39 is 12.0 Å². The lowest BCUT2D eigenvalue weighted by Crippen LogP contribution is -2.32. The minimum Gasteiger partial charge on any atom is -0.480 e. The van der Waals surface area contributed by atoms with E-state index in [1.165, 1.54) is 23.1 Å². The Hall–Kier alpha value is -1.31. The molecule has 18 heavy (non-hydrogen) atoms. The second-order valence-corrected chi connectivity index (χ2v) is 5.70. The number of rotatable bonds is 5. The Bertz CT molecular complexity index is 620. The standard InChI is InChI=1S/C11H12N2O3S2/c12-7(10(14)15)5-17-6-13-8-3-1-2-4-9(8)18-11(13)16/h1-4,7H,5-6,12H2,(H,14,15)/t7-/m0/s1. The smallest absolute Gasteiger partial charge is 0.321 e. The fourth-order valence-electron chi connectivity index (χ4n) is 1.48. The van der Waals surface area contributed by atoms with Gasteiger partial charge in [-0.3, -0.25) is 14.2 Å². The van der Waals surface area contributed by atoms with Gasteiger partial charge in [-0.15, -0.1) is 11.8 Å². The van der Waals surface area contributed by atoms with Crippen LogP contribution in [-0.2, 0) is 10.7 Å². The van der Waals surface area contributed by atoms with Gasteiger partial charge in [-0.2, -0.15) is 0 Å². The molecule has 3 N–H and O–H groups in total. The van der Waals surface area contributed by atoms with Crippen molar-refractivity contribution in [1.29, 1.82) is 0 Å². The van der Waals surface area contributed by atoms with Crippen LogP contribution in [0.25, 0.3) is 10.2 Å². The van der Waals surface area contributed by atoms with Gasteiger partial charge in [-0.05, 0) is 12.1 Å². The summed E-state index contributed by atoms with van der Waals surface area (Å²) < 4.78 is 2.57. The highest BCUT2D eigenvalue weighted by molar-refractivity contribution is 7.98. The van der Waals surface area contributed by atoms with Crippen LogP contribution in [0.1, 0.15) is 0 Å². The van der Waals surface area contributed by atoms with Crippen LogP contribution < -0.4 is 10.6 Å². The summed E-state index contributed by atoms with van der Waals surface area (Å²) in [7, 11) is 0. The zero-order chi connectivity index (χ0) is 13.1. The topological polar surface area (TPSA) is 85.3 Å². The third-order valence-electron chi connectivity index (χ3n) is 2.41. The predicted molar refractivity (Wildman–Crippen MR) is 74.2 cm³/mol. The molecule has 5 nitrogen and oxygen atoms in total. The maximum absolute atomic E-state index is 11.8. The third kappa shape index (κ3) is 2.74. The van der Waals surface area contributed by atoms with Gasteiger partial charge >= 0.3 is 10.8 Å². The summed E-state index contributed by atoms with van der Waals surface area (Å²) in [6.45, 7) is 0. The first-order chi connectivity index (χ1) is 8.59. The molecule has 0 amide bonds. The minimum atomic E-state index is -1.02. The summed E-state index contributed by atoms with van der Waals surface area (Å²) in [4.78, 5) is 22.3. The number of carboxylic acid groups (broad SMARTS) is 1. The van der Waals surface area contributed by atoms with E-state index in [2.05, 4.69) is 0 Å². The number of thioether (sulfide) groups is 1. The first kappa shape index (κ1) is 13.1.